The molecule has 0 aliphatic rings. The topological polar surface area (TPSA) is 40.5 Å². The molecule has 0 saturated heterocycles. The van der Waals surface area contributed by atoms with Crippen molar-refractivity contribution >= 4 is 0 Å². The lowest BCUT2D eigenvalue weighted by molar-refractivity contribution is -0.929. The number of hydrogen-bond acceptors (Lipinski definition) is 2. The number of aliphatic hydroxyl groups is 2. The predicted molar refractivity (Wildman–Crippen MR) is 64.8 cm³/mol. The second kappa shape index (κ2) is 4.53. The molecule has 2 N–H and O–H groups in total. The van der Waals surface area contributed by atoms with E-state index in [2.05, 4.69) is 0 Å². The van der Waals surface area contributed by atoms with Gasteiger partial charge in [0.05, 0.1) is 21.1 Å². The van der Waals surface area contributed by atoms with Gasteiger partial charge in [0, 0.05) is 6.42 Å². The number of nitrogens with zero attached hydrogens (tertiary/aromatic N) is 1. The van der Waals surface area contributed by atoms with Crippen molar-refractivity contribution in [1.82, 2.24) is 0 Å². The Morgan fingerprint density at radius 2 is 1.62 bits per heavy atom. The molecular weight excluding hydrogens is 202 g/mol. The van der Waals surface area contributed by atoms with Crippen LogP contribution in [0.15, 0.2) is 30.3 Å². The predicted octanol–water partition coefficient (Wildman–Crippen LogP) is 1.00. The van der Waals surface area contributed by atoms with Crippen LogP contribution in [0.2, 0.25) is 0 Å². The molecule has 0 spiro atoms. The van der Waals surface area contributed by atoms with Gasteiger partial charge in [-0.05, 0) is 12.5 Å². The maximum absolute atomic E-state index is 9.61. The van der Waals surface area contributed by atoms with E-state index in [1.807, 2.05) is 58.4 Å². The molecule has 0 aliphatic carbocycles. The molecular formula is C13H22NO2+. The smallest absolute Gasteiger partial charge is 0.208 e. The summed E-state index contributed by atoms with van der Waals surface area (Å²) in [4.78, 5) is 0. The number of hydrogen-bond donors (Lipinski definition) is 2. The van der Waals surface area contributed by atoms with Gasteiger partial charge in [-0.25, -0.2) is 0 Å². The van der Waals surface area contributed by atoms with Crippen LogP contribution >= 0.6 is 0 Å². The molecule has 1 unspecified atom stereocenters. The summed E-state index contributed by atoms with van der Waals surface area (Å²) in [6, 6.07) is 9.92. The fourth-order valence-corrected chi connectivity index (χ4v) is 1.68. The van der Waals surface area contributed by atoms with Crippen LogP contribution < -0.4 is 0 Å². The first kappa shape index (κ1) is 13.2. The molecule has 1 rings (SSSR count). The van der Waals surface area contributed by atoms with Crippen LogP contribution in [0.1, 0.15) is 12.5 Å². The molecule has 90 valence electrons. The van der Waals surface area contributed by atoms with Gasteiger partial charge in [0.2, 0.25) is 6.29 Å². The summed E-state index contributed by atoms with van der Waals surface area (Å²) in [5.41, 5.74) is 0.507. The summed E-state index contributed by atoms with van der Waals surface area (Å²) in [7, 11) is 5.92. The molecule has 0 bridgehead atoms. The molecule has 1 aromatic carbocycles. The molecule has 0 aliphatic heterocycles. The van der Waals surface area contributed by atoms with Crippen LogP contribution in [0, 0.1) is 0 Å². The third-order valence-electron chi connectivity index (χ3n) is 3.49. The molecule has 0 amide bonds. The van der Waals surface area contributed by atoms with E-state index in [-0.39, 0.29) is 0 Å². The van der Waals surface area contributed by atoms with E-state index < -0.39 is 11.8 Å². The summed E-state index contributed by atoms with van der Waals surface area (Å²) >= 11 is 0. The summed E-state index contributed by atoms with van der Waals surface area (Å²) in [6.45, 7) is 1.89. The fraction of sp³-hybridized carbons (Fsp3) is 0.538. The van der Waals surface area contributed by atoms with E-state index in [0.29, 0.717) is 10.9 Å². The van der Waals surface area contributed by atoms with Crippen LogP contribution in [0.25, 0.3) is 0 Å². The van der Waals surface area contributed by atoms with Crippen molar-refractivity contribution in [3.8, 4) is 0 Å². The van der Waals surface area contributed by atoms with E-state index in [1.165, 1.54) is 0 Å². The van der Waals surface area contributed by atoms with Crippen molar-refractivity contribution in [3.05, 3.63) is 35.9 Å². The maximum atomic E-state index is 9.61. The highest BCUT2D eigenvalue weighted by Gasteiger charge is 2.44. The molecule has 0 fully saturated rings. The van der Waals surface area contributed by atoms with Gasteiger partial charge in [0.25, 0.3) is 0 Å². The number of rotatable bonds is 4. The lowest BCUT2D eigenvalue weighted by Crippen LogP contribution is -2.63. The lowest BCUT2D eigenvalue weighted by atomic mass is 9.89. The van der Waals surface area contributed by atoms with Gasteiger partial charge in [0.1, 0.15) is 0 Å². The molecule has 1 aromatic rings. The molecule has 1 atom stereocenters. The standard InChI is InChI=1S/C13H22NO2/c1-13(12(15)16,14(2,3)4)10-11-8-6-5-7-9-11/h5-9,12,15-16H,10H2,1-4H3/q+1. The fourth-order valence-electron chi connectivity index (χ4n) is 1.68. The van der Waals surface area contributed by atoms with Crippen molar-refractivity contribution in [2.75, 3.05) is 21.1 Å². The zero-order chi connectivity index (χ0) is 12.4. The second-order valence-corrected chi connectivity index (χ2v) is 5.41. The summed E-state index contributed by atoms with van der Waals surface area (Å²) in [6.07, 6.45) is -0.706. The van der Waals surface area contributed by atoms with Crippen LogP contribution in [-0.2, 0) is 6.42 Å². The zero-order valence-corrected chi connectivity index (χ0v) is 10.5. The van der Waals surface area contributed by atoms with Crippen molar-refractivity contribution in [2.24, 2.45) is 0 Å². The molecule has 16 heavy (non-hydrogen) atoms. The van der Waals surface area contributed by atoms with Gasteiger partial charge < -0.3 is 14.7 Å². The van der Waals surface area contributed by atoms with Crippen molar-refractivity contribution < 1.29 is 14.7 Å². The molecule has 3 nitrogen and oxygen atoms in total. The second-order valence-electron chi connectivity index (χ2n) is 5.41. The molecule has 3 heteroatoms. The molecule has 0 aromatic heterocycles. The van der Waals surface area contributed by atoms with E-state index in [9.17, 15) is 10.2 Å². The number of aliphatic hydroxyl groups excluding tert-OH is 1. The Kier molecular flexibility index (Phi) is 3.73. The summed E-state index contributed by atoms with van der Waals surface area (Å²) < 4.78 is 0.500. The minimum atomic E-state index is -1.34. The monoisotopic (exact) mass is 224 g/mol. The minimum absolute atomic E-state index is 0.500. The summed E-state index contributed by atoms with van der Waals surface area (Å²) in [5, 5.41) is 19.2. The average Bonchev–Trinajstić information content (AvgIpc) is 2.17. The van der Waals surface area contributed by atoms with Crippen LogP contribution in [0.3, 0.4) is 0 Å². The Bertz CT molecular complexity index is 330. The van der Waals surface area contributed by atoms with Crippen molar-refractivity contribution in [1.29, 1.82) is 0 Å². The van der Waals surface area contributed by atoms with E-state index in [4.69, 9.17) is 0 Å². The van der Waals surface area contributed by atoms with Gasteiger partial charge in [-0.15, -0.1) is 0 Å². The van der Waals surface area contributed by atoms with Gasteiger partial charge in [-0.1, -0.05) is 30.3 Å². The highest BCUT2D eigenvalue weighted by Crippen LogP contribution is 2.26. The Labute approximate surface area is 97.5 Å². The normalized spacial score (nSPS) is 16.2. The molecule has 0 saturated carbocycles. The maximum Gasteiger partial charge on any atom is 0.208 e. The largest absolute Gasteiger partial charge is 0.363 e. The SMILES string of the molecule is CC(Cc1ccccc1)(C(O)O)[N+](C)(C)C. The number of benzene rings is 1. The Balaban J connectivity index is 2.98. The van der Waals surface area contributed by atoms with Crippen molar-refractivity contribution in [3.63, 3.8) is 0 Å². The van der Waals surface area contributed by atoms with E-state index in [1.54, 1.807) is 0 Å². The number of quaternary nitrogens is 1. The Morgan fingerprint density at radius 1 is 1.12 bits per heavy atom. The first-order valence-corrected chi connectivity index (χ1v) is 5.49. The van der Waals surface area contributed by atoms with Gasteiger partial charge in [0.15, 0.2) is 5.54 Å². The third kappa shape index (κ3) is 2.61. The Morgan fingerprint density at radius 3 is 2.00 bits per heavy atom. The Hall–Kier alpha value is -0.900. The minimum Gasteiger partial charge on any atom is -0.363 e. The first-order valence-electron chi connectivity index (χ1n) is 5.49. The van der Waals surface area contributed by atoms with E-state index in [0.717, 1.165) is 5.56 Å². The molecule has 0 heterocycles. The quantitative estimate of drug-likeness (QED) is 0.592. The van der Waals surface area contributed by atoms with Crippen LogP contribution in [0.4, 0.5) is 0 Å². The molecule has 0 radical (unpaired) electrons. The summed E-state index contributed by atoms with van der Waals surface area (Å²) in [5.74, 6) is 0. The highest BCUT2D eigenvalue weighted by atomic mass is 16.5. The van der Waals surface area contributed by atoms with Gasteiger partial charge in [-0.2, -0.15) is 0 Å². The zero-order valence-electron chi connectivity index (χ0n) is 10.5. The average molecular weight is 224 g/mol. The van der Waals surface area contributed by atoms with Crippen molar-refractivity contribution in [2.45, 2.75) is 25.2 Å². The van der Waals surface area contributed by atoms with Crippen LogP contribution in [0.5, 0.6) is 0 Å². The van der Waals surface area contributed by atoms with Gasteiger partial charge >= 0.3 is 0 Å². The highest BCUT2D eigenvalue weighted by molar-refractivity contribution is 5.17. The van der Waals surface area contributed by atoms with E-state index >= 15 is 0 Å². The number of likely N-dealkylation sites (N-methyl/N-ethyl adjacent to an activating group) is 1. The van der Waals surface area contributed by atoms with Gasteiger partial charge in [-0.3, -0.25) is 0 Å². The lowest BCUT2D eigenvalue weighted by Gasteiger charge is -2.45. The first-order chi connectivity index (χ1) is 7.27. The third-order valence-corrected chi connectivity index (χ3v) is 3.49. The van der Waals surface area contributed by atoms with Crippen LogP contribution in [-0.4, -0.2) is 47.7 Å².